The molecule has 0 aromatic heterocycles. The predicted octanol–water partition coefficient (Wildman–Crippen LogP) is 0.577. The van der Waals surface area contributed by atoms with Gasteiger partial charge in [0.2, 0.25) is 0 Å². The molecule has 8 heteroatoms. The summed E-state index contributed by atoms with van der Waals surface area (Å²) >= 11 is 0. The van der Waals surface area contributed by atoms with E-state index in [1.807, 2.05) is 0 Å². The highest BCUT2D eigenvalue weighted by Gasteiger charge is 2.42. The van der Waals surface area contributed by atoms with E-state index in [1.54, 1.807) is 0 Å². The van der Waals surface area contributed by atoms with E-state index in [4.69, 9.17) is 0 Å². The highest BCUT2D eigenvalue weighted by Crippen LogP contribution is 2.53. The average Bonchev–Trinajstić information content (AvgIpc) is 2.33. The number of carbonyl (C=O) groups excluding carboxylic acids is 2. The quantitative estimate of drug-likeness (QED) is 0.506. The summed E-state index contributed by atoms with van der Waals surface area (Å²) in [7, 11) is 0.806. The molecule has 0 bridgehead atoms. The van der Waals surface area contributed by atoms with Crippen LogP contribution in [0.4, 0.5) is 0 Å². The predicted molar refractivity (Wildman–Crippen MR) is 54.1 cm³/mol. The zero-order valence-electron chi connectivity index (χ0n) is 9.59. The lowest BCUT2D eigenvalue weighted by Gasteiger charge is -2.21. The molecule has 0 rings (SSSR count). The normalized spacial score (nSPS) is 13.0. The largest absolute Gasteiger partial charge is 0.469 e. The molecule has 1 unspecified atom stereocenters. The van der Waals surface area contributed by atoms with Crippen molar-refractivity contribution in [2.75, 3.05) is 28.4 Å². The summed E-state index contributed by atoms with van der Waals surface area (Å²) in [5, 5.41) is 0. The molecule has 0 saturated carbocycles. The molecular formula is C8H15O7P. The van der Waals surface area contributed by atoms with Gasteiger partial charge >= 0.3 is 19.5 Å². The zero-order valence-corrected chi connectivity index (χ0v) is 10.5. The Morgan fingerprint density at radius 2 is 1.56 bits per heavy atom. The number of rotatable bonds is 6. The third-order valence-corrected chi connectivity index (χ3v) is 4.13. The van der Waals surface area contributed by atoms with Gasteiger partial charge in [-0.1, -0.05) is 0 Å². The van der Waals surface area contributed by atoms with Gasteiger partial charge in [0.25, 0.3) is 0 Å². The molecule has 94 valence electrons. The Labute approximate surface area is 93.5 Å². The van der Waals surface area contributed by atoms with Gasteiger partial charge in [0.1, 0.15) is 0 Å². The third kappa shape index (κ3) is 3.59. The van der Waals surface area contributed by atoms with Gasteiger partial charge in [0.15, 0.2) is 5.66 Å². The van der Waals surface area contributed by atoms with Crippen LogP contribution in [0.25, 0.3) is 0 Å². The molecular weight excluding hydrogens is 239 g/mol. The molecule has 7 nitrogen and oxygen atoms in total. The van der Waals surface area contributed by atoms with Crippen molar-refractivity contribution < 1.29 is 32.7 Å². The number of carbonyl (C=O) groups is 2. The summed E-state index contributed by atoms with van der Waals surface area (Å²) in [5.74, 6) is -1.55. The van der Waals surface area contributed by atoms with Crippen LogP contribution in [-0.2, 0) is 32.7 Å². The maximum absolute atomic E-state index is 11.9. The lowest BCUT2D eigenvalue weighted by Crippen LogP contribution is -2.27. The van der Waals surface area contributed by atoms with Crippen LogP contribution >= 0.6 is 7.60 Å². The molecule has 1 atom stereocenters. The standard InChI is InChI=1S/C8H15O7P/c1-12-7(9)5-6(8(10)13-2)16(11,14-3)15-4/h6H,5H2,1-4H3. The minimum absolute atomic E-state index is 0.428. The third-order valence-electron chi connectivity index (χ3n) is 1.95. The molecule has 0 amide bonds. The molecule has 0 aromatic rings. The summed E-state index contributed by atoms with van der Waals surface area (Å²) in [5.41, 5.74) is -1.32. The van der Waals surface area contributed by atoms with Crippen molar-refractivity contribution in [2.45, 2.75) is 12.1 Å². The monoisotopic (exact) mass is 254 g/mol. The van der Waals surface area contributed by atoms with Gasteiger partial charge in [-0.05, 0) is 0 Å². The Kier molecular flexibility index (Phi) is 6.25. The van der Waals surface area contributed by atoms with Gasteiger partial charge in [0, 0.05) is 14.2 Å². The molecule has 16 heavy (non-hydrogen) atoms. The second kappa shape index (κ2) is 6.62. The van der Waals surface area contributed by atoms with Gasteiger partial charge in [-0.2, -0.15) is 0 Å². The average molecular weight is 254 g/mol. The summed E-state index contributed by atoms with van der Waals surface area (Å²) in [4.78, 5) is 22.4. The molecule has 0 saturated heterocycles. The van der Waals surface area contributed by atoms with Gasteiger partial charge in [-0.15, -0.1) is 0 Å². The van der Waals surface area contributed by atoms with Gasteiger partial charge in [-0.25, -0.2) is 0 Å². The molecule has 0 heterocycles. The SMILES string of the molecule is COC(=O)CC(C(=O)OC)P(=O)(OC)OC. The first-order chi connectivity index (χ1) is 7.45. The Bertz CT molecular complexity index is 293. The number of methoxy groups -OCH3 is 2. The number of esters is 2. The van der Waals surface area contributed by atoms with Crippen LogP contribution in [0.5, 0.6) is 0 Å². The lowest BCUT2D eigenvalue weighted by atomic mass is 10.3. The second-order valence-electron chi connectivity index (χ2n) is 2.72. The Morgan fingerprint density at radius 1 is 1.06 bits per heavy atom. The van der Waals surface area contributed by atoms with Crippen molar-refractivity contribution in [1.29, 1.82) is 0 Å². The Morgan fingerprint density at radius 3 is 1.88 bits per heavy atom. The first kappa shape index (κ1) is 15.1. The van der Waals surface area contributed by atoms with E-state index in [2.05, 4.69) is 18.5 Å². The minimum Gasteiger partial charge on any atom is -0.469 e. The smallest absolute Gasteiger partial charge is 0.344 e. The molecule has 0 spiro atoms. The van der Waals surface area contributed by atoms with Gasteiger partial charge in [0.05, 0.1) is 20.6 Å². The summed E-state index contributed by atoms with van der Waals surface area (Å²) in [6, 6.07) is 0. The first-order valence-electron chi connectivity index (χ1n) is 4.31. The maximum Gasteiger partial charge on any atom is 0.344 e. The molecule has 0 aliphatic carbocycles. The highest BCUT2D eigenvalue weighted by atomic mass is 31.2. The fourth-order valence-corrected chi connectivity index (χ4v) is 2.42. The fourth-order valence-electron chi connectivity index (χ4n) is 1.03. The summed E-state index contributed by atoms with van der Waals surface area (Å²) in [6.07, 6.45) is -0.428. The van der Waals surface area contributed by atoms with Crippen molar-refractivity contribution in [3.63, 3.8) is 0 Å². The van der Waals surface area contributed by atoms with Gasteiger partial charge < -0.3 is 18.5 Å². The lowest BCUT2D eigenvalue weighted by molar-refractivity contribution is -0.147. The molecule has 0 aromatic carbocycles. The van der Waals surface area contributed by atoms with E-state index in [-0.39, 0.29) is 0 Å². The van der Waals surface area contributed by atoms with Crippen molar-refractivity contribution in [3.05, 3.63) is 0 Å². The van der Waals surface area contributed by atoms with E-state index < -0.39 is 31.6 Å². The number of hydrogen-bond acceptors (Lipinski definition) is 7. The van der Waals surface area contributed by atoms with Crippen molar-refractivity contribution in [2.24, 2.45) is 0 Å². The van der Waals surface area contributed by atoms with Crippen LogP contribution in [-0.4, -0.2) is 46.0 Å². The van der Waals surface area contributed by atoms with Crippen molar-refractivity contribution >= 4 is 19.5 Å². The topological polar surface area (TPSA) is 88.1 Å². The fraction of sp³-hybridized carbons (Fsp3) is 0.750. The van der Waals surface area contributed by atoms with Crippen molar-refractivity contribution in [3.8, 4) is 0 Å². The Hall–Kier alpha value is -0.910. The summed E-state index contributed by atoms with van der Waals surface area (Å²) < 4.78 is 30.0. The number of hydrogen-bond donors (Lipinski definition) is 0. The van der Waals surface area contributed by atoms with E-state index >= 15 is 0 Å². The van der Waals surface area contributed by atoms with E-state index in [1.165, 1.54) is 0 Å². The van der Waals surface area contributed by atoms with Gasteiger partial charge in [-0.3, -0.25) is 14.2 Å². The van der Waals surface area contributed by atoms with Crippen LogP contribution < -0.4 is 0 Å². The minimum atomic E-state index is -3.71. The van der Waals surface area contributed by atoms with E-state index in [0.29, 0.717) is 0 Å². The Balaban J connectivity index is 5.00. The van der Waals surface area contributed by atoms with E-state index in [0.717, 1.165) is 28.4 Å². The van der Waals surface area contributed by atoms with Crippen LogP contribution in [0, 0.1) is 0 Å². The second-order valence-corrected chi connectivity index (χ2v) is 5.16. The molecule has 0 radical (unpaired) electrons. The van der Waals surface area contributed by atoms with Crippen LogP contribution in [0.15, 0.2) is 0 Å². The first-order valence-corrected chi connectivity index (χ1v) is 5.92. The maximum atomic E-state index is 11.9. The molecule has 0 fully saturated rings. The van der Waals surface area contributed by atoms with Crippen LogP contribution in [0.3, 0.4) is 0 Å². The highest BCUT2D eigenvalue weighted by molar-refractivity contribution is 7.55. The molecule has 0 N–H and O–H groups in total. The van der Waals surface area contributed by atoms with Crippen molar-refractivity contribution in [1.82, 2.24) is 0 Å². The molecule has 0 aliphatic rings. The molecule has 0 aliphatic heterocycles. The van der Waals surface area contributed by atoms with Crippen LogP contribution in [0.2, 0.25) is 0 Å². The van der Waals surface area contributed by atoms with Crippen LogP contribution in [0.1, 0.15) is 6.42 Å². The zero-order chi connectivity index (χ0) is 12.8. The number of ether oxygens (including phenoxy) is 2. The summed E-state index contributed by atoms with van der Waals surface area (Å²) in [6.45, 7) is 0. The van der Waals surface area contributed by atoms with E-state index in [9.17, 15) is 14.2 Å².